The Hall–Kier alpha value is -2.56. The molecule has 5 nitrogen and oxygen atoms in total. The number of nitrogens with zero attached hydrogens (tertiary/aromatic N) is 1. The SMILES string of the molecule is C=C/C(C(C)=O)=C(\N=C)Nc1ccc(OC)cc1N. The number of hydrogen-bond acceptors (Lipinski definition) is 5. The normalized spacial score (nSPS) is 11.3. The number of allylic oxidation sites excluding steroid dienone is 2. The van der Waals surface area contributed by atoms with Gasteiger partial charge in [0.2, 0.25) is 0 Å². The highest BCUT2D eigenvalue weighted by Gasteiger charge is 2.09. The van der Waals surface area contributed by atoms with Gasteiger partial charge in [-0.05, 0) is 25.8 Å². The summed E-state index contributed by atoms with van der Waals surface area (Å²) in [5.74, 6) is 0.812. The van der Waals surface area contributed by atoms with E-state index in [-0.39, 0.29) is 5.78 Å². The lowest BCUT2D eigenvalue weighted by atomic mass is 10.1. The van der Waals surface area contributed by atoms with E-state index in [0.29, 0.717) is 28.5 Å². The maximum absolute atomic E-state index is 11.4. The number of benzene rings is 1. The third-order valence-electron chi connectivity index (χ3n) is 2.51. The number of rotatable bonds is 6. The number of anilines is 2. The van der Waals surface area contributed by atoms with Crippen LogP contribution in [0.5, 0.6) is 5.75 Å². The van der Waals surface area contributed by atoms with Gasteiger partial charge in [-0.25, -0.2) is 4.99 Å². The summed E-state index contributed by atoms with van der Waals surface area (Å²) >= 11 is 0. The highest BCUT2D eigenvalue weighted by Crippen LogP contribution is 2.26. The molecule has 5 heteroatoms. The second-order valence-corrected chi connectivity index (χ2v) is 3.76. The number of ketones is 1. The van der Waals surface area contributed by atoms with Crippen LogP contribution < -0.4 is 15.8 Å². The number of aliphatic imine (C=N–C) groups is 1. The fourth-order valence-electron chi connectivity index (χ4n) is 1.51. The molecule has 1 aromatic rings. The summed E-state index contributed by atoms with van der Waals surface area (Å²) in [6.45, 7) is 8.45. The van der Waals surface area contributed by atoms with Gasteiger partial charge < -0.3 is 15.8 Å². The zero-order chi connectivity index (χ0) is 14.4. The van der Waals surface area contributed by atoms with E-state index >= 15 is 0 Å². The third kappa shape index (κ3) is 3.45. The predicted molar refractivity (Wildman–Crippen MR) is 78.5 cm³/mol. The Kier molecular flexibility index (Phi) is 4.88. The molecule has 0 amide bonds. The van der Waals surface area contributed by atoms with Crippen molar-refractivity contribution in [3.63, 3.8) is 0 Å². The van der Waals surface area contributed by atoms with Gasteiger partial charge in [0.15, 0.2) is 5.78 Å². The van der Waals surface area contributed by atoms with Crippen LogP contribution in [0.1, 0.15) is 6.92 Å². The van der Waals surface area contributed by atoms with Crippen LogP contribution in [0.15, 0.2) is 47.2 Å². The van der Waals surface area contributed by atoms with Crippen LogP contribution in [0.4, 0.5) is 11.4 Å². The first-order valence-electron chi connectivity index (χ1n) is 5.58. The number of nitrogens with one attached hydrogen (secondary N) is 1. The minimum atomic E-state index is -0.156. The molecule has 100 valence electrons. The first-order valence-corrected chi connectivity index (χ1v) is 5.58. The maximum atomic E-state index is 11.4. The standard InChI is InChI=1S/C14H17N3O2/c1-5-11(9(2)18)14(16-3)17-13-7-6-10(19-4)8-12(13)15/h5-8,17H,1,3,15H2,2,4H3/b14-11-. The van der Waals surface area contributed by atoms with Crippen molar-refractivity contribution >= 4 is 23.9 Å². The number of ether oxygens (including phenoxy) is 1. The summed E-state index contributed by atoms with van der Waals surface area (Å²) in [7, 11) is 1.56. The lowest BCUT2D eigenvalue weighted by Gasteiger charge is -2.12. The van der Waals surface area contributed by atoms with Crippen molar-refractivity contribution in [2.75, 3.05) is 18.2 Å². The second-order valence-electron chi connectivity index (χ2n) is 3.76. The Balaban J connectivity index is 3.15. The summed E-state index contributed by atoms with van der Waals surface area (Å²) < 4.78 is 5.06. The topological polar surface area (TPSA) is 76.7 Å². The van der Waals surface area contributed by atoms with Gasteiger partial charge in [0.25, 0.3) is 0 Å². The monoisotopic (exact) mass is 259 g/mol. The fourth-order valence-corrected chi connectivity index (χ4v) is 1.51. The Morgan fingerprint density at radius 2 is 2.21 bits per heavy atom. The highest BCUT2D eigenvalue weighted by atomic mass is 16.5. The van der Waals surface area contributed by atoms with E-state index in [1.54, 1.807) is 25.3 Å². The van der Waals surface area contributed by atoms with Crippen LogP contribution in [-0.4, -0.2) is 19.6 Å². The molecule has 1 rings (SSSR count). The Morgan fingerprint density at radius 1 is 1.53 bits per heavy atom. The van der Waals surface area contributed by atoms with Crippen molar-refractivity contribution in [1.29, 1.82) is 0 Å². The van der Waals surface area contributed by atoms with Gasteiger partial charge in [-0.3, -0.25) is 4.79 Å². The quantitative estimate of drug-likeness (QED) is 0.356. The molecule has 0 aliphatic rings. The summed E-state index contributed by atoms with van der Waals surface area (Å²) in [4.78, 5) is 15.2. The van der Waals surface area contributed by atoms with E-state index in [2.05, 4.69) is 23.6 Å². The van der Waals surface area contributed by atoms with Crippen LogP contribution in [-0.2, 0) is 4.79 Å². The third-order valence-corrected chi connectivity index (χ3v) is 2.51. The number of nitrogens with two attached hydrogens (primary N) is 1. The van der Waals surface area contributed by atoms with Gasteiger partial charge in [0.05, 0.1) is 24.1 Å². The summed E-state index contributed by atoms with van der Waals surface area (Å²) in [6.07, 6.45) is 1.43. The van der Waals surface area contributed by atoms with E-state index in [0.717, 1.165) is 0 Å². The zero-order valence-corrected chi connectivity index (χ0v) is 11.1. The van der Waals surface area contributed by atoms with Gasteiger partial charge in [0, 0.05) is 6.07 Å². The molecule has 0 saturated carbocycles. The molecule has 19 heavy (non-hydrogen) atoms. The molecule has 0 spiro atoms. The molecule has 0 aromatic heterocycles. The highest BCUT2D eigenvalue weighted by molar-refractivity contribution is 5.97. The van der Waals surface area contributed by atoms with Crippen molar-refractivity contribution in [3.8, 4) is 5.75 Å². The molecule has 0 heterocycles. The molecular formula is C14H17N3O2. The number of hydrogen-bond donors (Lipinski definition) is 2. The average molecular weight is 259 g/mol. The lowest BCUT2D eigenvalue weighted by Crippen LogP contribution is -2.07. The van der Waals surface area contributed by atoms with E-state index in [9.17, 15) is 4.79 Å². The van der Waals surface area contributed by atoms with Gasteiger partial charge >= 0.3 is 0 Å². The van der Waals surface area contributed by atoms with E-state index < -0.39 is 0 Å². The molecule has 0 aliphatic heterocycles. The van der Waals surface area contributed by atoms with Crippen molar-refractivity contribution in [1.82, 2.24) is 0 Å². The molecule has 0 saturated heterocycles. The van der Waals surface area contributed by atoms with Crippen molar-refractivity contribution in [3.05, 3.63) is 42.2 Å². The van der Waals surface area contributed by atoms with Crippen LogP contribution in [0.3, 0.4) is 0 Å². The molecule has 0 atom stereocenters. The minimum Gasteiger partial charge on any atom is -0.497 e. The van der Waals surface area contributed by atoms with Gasteiger partial charge in [-0.2, -0.15) is 0 Å². The molecule has 0 unspecified atom stereocenters. The molecule has 0 radical (unpaired) electrons. The molecule has 1 aromatic carbocycles. The van der Waals surface area contributed by atoms with Crippen LogP contribution in [0, 0.1) is 0 Å². The Bertz CT molecular complexity index is 548. The molecule has 0 fully saturated rings. The van der Waals surface area contributed by atoms with Crippen molar-refractivity contribution < 1.29 is 9.53 Å². The van der Waals surface area contributed by atoms with Crippen LogP contribution in [0.25, 0.3) is 0 Å². The van der Waals surface area contributed by atoms with Crippen LogP contribution in [0.2, 0.25) is 0 Å². The first-order chi connectivity index (χ1) is 9.03. The van der Waals surface area contributed by atoms with Gasteiger partial charge in [0.1, 0.15) is 11.6 Å². The summed E-state index contributed by atoms with van der Waals surface area (Å²) in [6, 6.07) is 5.16. The van der Waals surface area contributed by atoms with Crippen molar-refractivity contribution in [2.24, 2.45) is 4.99 Å². The number of carbonyl (C=O) groups excluding carboxylic acids is 1. The van der Waals surface area contributed by atoms with Crippen molar-refractivity contribution in [2.45, 2.75) is 6.92 Å². The predicted octanol–water partition coefficient (Wildman–Crippen LogP) is 2.38. The minimum absolute atomic E-state index is 0.156. The van der Waals surface area contributed by atoms with E-state index in [1.165, 1.54) is 13.0 Å². The molecule has 0 bridgehead atoms. The maximum Gasteiger partial charge on any atom is 0.163 e. The number of carbonyl (C=O) groups is 1. The van der Waals surface area contributed by atoms with E-state index in [4.69, 9.17) is 10.5 Å². The zero-order valence-electron chi connectivity index (χ0n) is 11.1. The first kappa shape index (κ1) is 14.5. The summed E-state index contributed by atoms with van der Waals surface area (Å²) in [5.41, 5.74) is 7.33. The average Bonchev–Trinajstić information content (AvgIpc) is 2.39. The smallest absolute Gasteiger partial charge is 0.163 e. The molecule has 0 aliphatic carbocycles. The van der Waals surface area contributed by atoms with E-state index in [1.807, 2.05) is 0 Å². The lowest BCUT2D eigenvalue weighted by molar-refractivity contribution is -0.113. The second kappa shape index (κ2) is 6.39. The molecule has 3 N–H and O–H groups in total. The van der Waals surface area contributed by atoms with Crippen LogP contribution >= 0.6 is 0 Å². The Morgan fingerprint density at radius 3 is 2.63 bits per heavy atom. The Labute approximate surface area is 112 Å². The fraction of sp³-hybridized carbons (Fsp3) is 0.143. The van der Waals surface area contributed by atoms with Gasteiger partial charge in [-0.1, -0.05) is 12.7 Å². The number of Topliss-reactive ketones (excluding diaryl/α,β-unsaturated/α-hetero) is 1. The molecular weight excluding hydrogens is 242 g/mol. The largest absolute Gasteiger partial charge is 0.497 e. The van der Waals surface area contributed by atoms with Gasteiger partial charge in [-0.15, -0.1) is 0 Å². The number of nitrogen functional groups attached to an aromatic ring is 1. The summed E-state index contributed by atoms with van der Waals surface area (Å²) in [5, 5.41) is 2.96. The number of methoxy groups -OCH3 is 1.